The van der Waals surface area contributed by atoms with E-state index in [4.69, 9.17) is 17.5 Å². The third-order valence-electron chi connectivity index (χ3n) is 6.47. The number of benzene rings is 1. The van der Waals surface area contributed by atoms with Crippen LogP contribution in [0.4, 0.5) is 18.9 Å². The topological polar surface area (TPSA) is 53.8 Å². The molecule has 2 aliphatic heterocycles. The minimum Gasteiger partial charge on any atom is -0.333 e. The number of thiocarbonyl (C=S) groups is 1. The van der Waals surface area contributed by atoms with Crippen molar-refractivity contribution in [2.75, 3.05) is 44.2 Å². The van der Waals surface area contributed by atoms with E-state index < -0.39 is 22.8 Å². The van der Waals surface area contributed by atoms with Crippen molar-refractivity contribution in [2.45, 2.75) is 51.9 Å². The standard InChI is InChI=1S/C23H30F3N5OS/c1-21(2,3)29-11-8-28(9-12-29)10-13-30-20(33)31(19(32)22(30,4)5)17-7-6-16(15-27)18(14-17)23(24,25)26/h6-7,14H,8-13H2,1-5H3. The van der Waals surface area contributed by atoms with Crippen molar-refractivity contribution in [3.8, 4) is 6.07 Å². The van der Waals surface area contributed by atoms with Crippen molar-refractivity contribution in [1.29, 1.82) is 5.26 Å². The number of nitrogens with zero attached hydrogens (tertiary/aromatic N) is 5. The van der Waals surface area contributed by atoms with Gasteiger partial charge in [-0.25, -0.2) is 0 Å². The number of halogens is 3. The van der Waals surface area contributed by atoms with Gasteiger partial charge in [0.15, 0.2) is 5.11 Å². The molecule has 0 spiro atoms. The molecule has 2 saturated heterocycles. The molecule has 0 N–H and O–H groups in total. The first-order chi connectivity index (χ1) is 15.2. The Balaban J connectivity index is 1.76. The molecule has 6 nitrogen and oxygen atoms in total. The average Bonchev–Trinajstić information content (AvgIpc) is 2.89. The summed E-state index contributed by atoms with van der Waals surface area (Å²) in [7, 11) is 0. The maximum atomic E-state index is 13.4. The fourth-order valence-corrected chi connectivity index (χ4v) is 4.83. The van der Waals surface area contributed by atoms with E-state index in [1.165, 1.54) is 6.07 Å². The molecule has 1 aromatic carbocycles. The predicted octanol–water partition coefficient (Wildman–Crippen LogP) is 3.71. The minimum atomic E-state index is -4.71. The van der Waals surface area contributed by atoms with E-state index in [1.54, 1.807) is 24.8 Å². The van der Waals surface area contributed by atoms with Gasteiger partial charge in [0.2, 0.25) is 0 Å². The van der Waals surface area contributed by atoms with Gasteiger partial charge in [0.1, 0.15) is 5.54 Å². The van der Waals surface area contributed by atoms with Gasteiger partial charge >= 0.3 is 6.18 Å². The number of alkyl halides is 3. The quantitative estimate of drug-likeness (QED) is 0.612. The number of carbonyl (C=O) groups is 1. The Hall–Kier alpha value is -2.22. The maximum absolute atomic E-state index is 13.4. The Morgan fingerprint density at radius 3 is 2.21 bits per heavy atom. The predicted molar refractivity (Wildman–Crippen MR) is 125 cm³/mol. The highest BCUT2D eigenvalue weighted by atomic mass is 32.1. The van der Waals surface area contributed by atoms with Crippen LogP contribution in [0.25, 0.3) is 0 Å². The summed E-state index contributed by atoms with van der Waals surface area (Å²) in [6.07, 6.45) is -4.71. The van der Waals surface area contributed by atoms with E-state index in [-0.39, 0.29) is 22.2 Å². The molecule has 10 heteroatoms. The lowest BCUT2D eigenvalue weighted by atomic mass is 10.0. The molecule has 0 unspecified atom stereocenters. The second-order valence-corrected chi connectivity index (χ2v) is 10.3. The van der Waals surface area contributed by atoms with Crippen LogP contribution in [0, 0.1) is 11.3 Å². The fourth-order valence-electron chi connectivity index (χ4n) is 4.33. The summed E-state index contributed by atoms with van der Waals surface area (Å²) in [5, 5.41) is 9.23. The lowest BCUT2D eigenvalue weighted by Gasteiger charge is -2.43. The van der Waals surface area contributed by atoms with Crippen LogP contribution in [-0.2, 0) is 11.0 Å². The van der Waals surface area contributed by atoms with Crippen LogP contribution in [0.1, 0.15) is 45.7 Å². The van der Waals surface area contributed by atoms with Crippen LogP contribution in [0.2, 0.25) is 0 Å². The molecule has 0 aliphatic carbocycles. The normalized spacial score (nSPS) is 20.5. The summed E-state index contributed by atoms with van der Waals surface area (Å²) in [4.78, 5) is 20.9. The van der Waals surface area contributed by atoms with E-state index in [2.05, 4.69) is 30.6 Å². The third kappa shape index (κ3) is 5.00. The molecule has 0 saturated carbocycles. The van der Waals surface area contributed by atoms with Crippen LogP contribution in [0.15, 0.2) is 18.2 Å². The molecule has 1 amide bonds. The third-order valence-corrected chi connectivity index (χ3v) is 6.87. The number of hydrogen-bond acceptors (Lipinski definition) is 5. The molecule has 0 bridgehead atoms. The number of rotatable bonds is 4. The van der Waals surface area contributed by atoms with Gasteiger partial charge in [-0.2, -0.15) is 18.4 Å². The first kappa shape index (κ1) is 25.4. The molecule has 3 rings (SSSR count). The first-order valence-electron chi connectivity index (χ1n) is 10.9. The van der Waals surface area contributed by atoms with Crippen molar-refractivity contribution in [3.05, 3.63) is 29.3 Å². The molecule has 0 atom stereocenters. The van der Waals surface area contributed by atoms with E-state index in [1.807, 2.05) is 0 Å². The summed E-state index contributed by atoms with van der Waals surface area (Å²) >= 11 is 5.56. The minimum absolute atomic E-state index is 0.0192. The first-order valence-corrected chi connectivity index (χ1v) is 11.3. The highest BCUT2D eigenvalue weighted by Gasteiger charge is 2.49. The molecule has 180 valence electrons. The van der Waals surface area contributed by atoms with Gasteiger partial charge in [-0.15, -0.1) is 0 Å². The number of amides is 1. The van der Waals surface area contributed by atoms with Crippen molar-refractivity contribution in [2.24, 2.45) is 0 Å². The van der Waals surface area contributed by atoms with Gasteiger partial charge in [-0.1, -0.05) is 0 Å². The van der Waals surface area contributed by atoms with Crippen LogP contribution < -0.4 is 4.90 Å². The number of piperazine rings is 1. The van der Waals surface area contributed by atoms with E-state index >= 15 is 0 Å². The second-order valence-electron chi connectivity index (χ2n) is 9.97. The smallest absolute Gasteiger partial charge is 0.333 e. The van der Waals surface area contributed by atoms with Crippen molar-refractivity contribution >= 4 is 28.9 Å². The Kier molecular flexibility index (Phi) is 6.82. The Bertz CT molecular complexity index is 972. The largest absolute Gasteiger partial charge is 0.417 e. The molecule has 0 radical (unpaired) electrons. The molecule has 2 fully saturated rings. The Morgan fingerprint density at radius 1 is 1.09 bits per heavy atom. The second kappa shape index (κ2) is 8.85. The Morgan fingerprint density at radius 2 is 1.70 bits per heavy atom. The van der Waals surface area contributed by atoms with E-state index in [0.29, 0.717) is 13.1 Å². The molecule has 2 aliphatic rings. The number of hydrogen-bond donors (Lipinski definition) is 0. The van der Waals surface area contributed by atoms with Crippen LogP contribution in [-0.4, -0.2) is 76.1 Å². The zero-order chi connectivity index (χ0) is 24.8. The van der Waals surface area contributed by atoms with Gasteiger partial charge in [0.25, 0.3) is 5.91 Å². The summed E-state index contributed by atoms with van der Waals surface area (Å²) in [5.74, 6) is -0.386. The number of nitriles is 1. The summed E-state index contributed by atoms with van der Waals surface area (Å²) in [5.41, 5.74) is -2.42. The van der Waals surface area contributed by atoms with Crippen molar-refractivity contribution in [3.63, 3.8) is 0 Å². The molecule has 33 heavy (non-hydrogen) atoms. The molecule has 2 heterocycles. The zero-order valence-corrected chi connectivity index (χ0v) is 20.5. The summed E-state index contributed by atoms with van der Waals surface area (Å²) in [6.45, 7) is 14.9. The van der Waals surface area contributed by atoms with Gasteiger partial charge < -0.3 is 4.90 Å². The van der Waals surface area contributed by atoms with Crippen molar-refractivity contribution < 1.29 is 18.0 Å². The van der Waals surface area contributed by atoms with Crippen LogP contribution in [0.3, 0.4) is 0 Å². The lowest BCUT2D eigenvalue weighted by Crippen LogP contribution is -2.55. The molecule has 0 aromatic heterocycles. The molecular weight excluding hydrogens is 451 g/mol. The maximum Gasteiger partial charge on any atom is 0.417 e. The van der Waals surface area contributed by atoms with Gasteiger partial charge in [-0.05, 0) is 65.0 Å². The molecular formula is C23H30F3N5OS. The lowest BCUT2D eigenvalue weighted by molar-refractivity contribution is -0.137. The monoisotopic (exact) mass is 481 g/mol. The highest BCUT2D eigenvalue weighted by molar-refractivity contribution is 7.80. The number of anilines is 1. The molecule has 1 aromatic rings. The van der Waals surface area contributed by atoms with Crippen LogP contribution >= 0.6 is 12.2 Å². The van der Waals surface area contributed by atoms with E-state index in [9.17, 15) is 18.0 Å². The van der Waals surface area contributed by atoms with Gasteiger partial charge in [0, 0.05) is 44.8 Å². The summed E-state index contributed by atoms with van der Waals surface area (Å²) in [6, 6.07) is 4.81. The fraction of sp³-hybridized carbons (Fsp3) is 0.609. The van der Waals surface area contributed by atoms with Gasteiger partial charge in [0.05, 0.1) is 22.9 Å². The SMILES string of the molecule is CC(C)(C)N1CCN(CCN2C(=S)N(c3ccc(C#N)c(C(F)(F)F)c3)C(=O)C2(C)C)CC1. The van der Waals surface area contributed by atoms with Crippen molar-refractivity contribution in [1.82, 2.24) is 14.7 Å². The number of carbonyl (C=O) groups excluding carboxylic acids is 1. The zero-order valence-electron chi connectivity index (χ0n) is 19.7. The van der Waals surface area contributed by atoms with E-state index in [0.717, 1.165) is 43.2 Å². The van der Waals surface area contributed by atoms with Crippen LogP contribution in [0.5, 0.6) is 0 Å². The Labute approximate surface area is 198 Å². The highest BCUT2D eigenvalue weighted by Crippen LogP contribution is 2.37. The summed E-state index contributed by atoms with van der Waals surface area (Å²) < 4.78 is 40.3. The average molecular weight is 482 g/mol. The van der Waals surface area contributed by atoms with Gasteiger partial charge in [-0.3, -0.25) is 19.5 Å².